The quantitative estimate of drug-likeness (QED) is 0.860. The number of hydrogen-bond donors (Lipinski definition) is 1. The fourth-order valence-corrected chi connectivity index (χ4v) is 1.49. The van der Waals surface area contributed by atoms with E-state index in [0.717, 1.165) is 0 Å². The Morgan fingerprint density at radius 1 is 1.40 bits per heavy atom. The van der Waals surface area contributed by atoms with Crippen molar-refractivity contribution in [3.05, 3.63) is 35.6 Å². The summed E-state index contributed by atoms with van der Waals surface area (Å²) in [5.74, 6) is -0.929. The molecular weight excluding hydrogens is 216 g/mol. The highest BCUT2D eigenvalue weighted by atomic mass is 32.1. The smallest absolute Gasteiger partial charge is 0.358 e. The summed E-state index contributed by atoms with van der Waals surface area (Å²) in [6.45, 7) is 0. The molecule has 0 spiro atoms. The Bertz CT molecular complexity index is 470. The first-order valence-corrected chi connectivity index (χ1v) is 4.91. The van der Waals surface area contributed by atoms with Crippen molar-refractivity contribution in [2.75, 3.05) is 0 Å². The lowest BCUT2D eigenvalue weighted by molar-refractivity contribution is 0.0687. The summed E-state index contributed by atoms with van der Waals surface area (Å²) in [5, 5.41) is 11.0. The van der Waals surface area contributed by atoms with Crippen LogP contribution in [-0.4, -0.2) is 21.0 Å². The summed E-state index contributed by atoms with van der Waals surface area (Å²) < 4.78 is 5.27. The van der Waals surface area contributed by atoms with Crippen molar-refractivity contribution in [2.45, 2.75) is 0 Å². The van der Waals surface area contributed by atoms with Gasteiger partial charge in [-0.05, 0) is 12.1 Å². The molecule has 0 aromatic carbocycles. The maximum Gasteiger partial charge on any atom is 0.358 e. The molecule has 6 heteroatoms. The van der Waals surface area contributed by atoms with Gasteiger partial charge in [0.25, 0.3) is 5.19 Å². The minimum absolute atomic E-state index is 0.118. The number of aromatic nitrogens is 2. The summed E-state index contributed by atoms with van der Waals surface area (Å²) in [6, 6.07) is 3.15. The molecule has 0 aliphatic carbocycles. The number of thiazole rings is 1. The first kappa shape index (κ1) is 9.60. The largest absolute Gasteiger partial charge is 0.476 e. The van der Waals surface area contributed by atoms with Crippen LogP contribution >= 0.6 is 11.3 Å². The average molecular weight is 222 g/mol. The monoisotopic (exact) mass is 222 g/mol. The minimum Gasteiger partial charge on any atom is -0.476 e. The molecule has 1 N–H and O–H groups in total. The van der Waals surface area contributed by atoms with Gasteiger partial charge in [-0.1, -0.05) is 11.3 Å². The third-order valence-electron chi connectivity index (χ3n) is 1.58. The minimum atomic E-state index is -1.12. The first-order valence-electron chi connectivity index (χ1n) is 4.03. The van der Waals surface area contributed by atoms with Gasteiger partial charge < -0.3 is 9.84 Å². The fraction of sp³-hybridized carbons (Fsp3) is 0. The third kappa shape index (κ3) is 2.10. The van der Waals surface area contributed by atoms with E-state index < -0.39 is 5.97 Å². The fourth-order valence-electron chi connectivity index (χ4n) is 0.988. The number of carboxylic acid groups (broad SMARTS) is 1. The van der Waals surface area contributed by atoms with E-state index in [0.29, 0.717) is 5.19 Å². The standard InChI is InChI=1S/C9H6N2O3S/c12-8(13)7-6(2-1-3-10-7)14-9-11-4-5-15-9/h1-5H,(H,12,13). The van der Waals surface area contributed by atoms with Gasteiger partial charge in [-0.25, -0.2) is 14.8 Å². The summed E-state index contributed by atoms with van der Waals surface area (Å²) >= 11 is 1.28. The highest BCUT2D eigenvalue weighted by molar-refractivity contribution is 7.11. The summed E-state index contributed by atoms with van der Waals surface area (Å²) in [4.78, 5) is 18.4. The van der Waals surface area contributed by atoms with Crippen LogP contribution in [-0.2, 0) is 0 Å². The maximum atomic E-state index is 10.8. The maximum absolute atomic E-state index is 10.8. The molecule has 0 unspecified atom stereocenters. The molecule has 2 aromatic heterocycles. The van der Waals surface area contributed by atoms with E-state index in [9.17, 15) is 4.79 Å². The average Bonchev–Trinajstić information content (AvgIpc) is 2.71. The van der Waals surface area contributed by atoms with E-state index in [2.05, 4.69) is 9.97 Å². The van der Waals surface area contributed by atoms with Gasteiger partial charge in [-0.15, -0.1) is 0 Å². The van der Waals surface area contributed by atoms with Gasteiger partial charge in [0.15, 0.2) is 11.4 Å². The van der Waals surface area contributed by atoms with Crippen LogP contribution in [0.25, 0.3) is 0 Å². The zero-order chi connectivity index (χ0) is 10.7. The zero-order valence-electron chi connectivity index (χ0n) is 7.45. The van der Waals surface area contributed by atoms with E-state index in [-0.39, 0.29) is 11.4 Å². The molecule has 0 amide bonds. The van der Waals surface area contributed by atoms with Gasteiger partial charge in [-0.3, -0.25) is 0 Å². The molecule has 0 bridgehead atoms. The van der Waals surface area contributed by atoms with Crippen molar-refractivity contribution in [3.8, 4) is 10.9 Å². The number of hydrogen-bond acceptors (Lipinski definition) is 5. The number of rotatable bonds is 3. The molecule has 76 valence electrons. The van der Waals surface area contributed by atoms with Crippen molar-refractivity contribution < 1.29 is 14.6 Å². The Kier molecular flexibility index (Phi) is 2.59. The molecule has 2 heterocycles. The molecular formula is C9H6N2O3S. The lowest BCUT2D eigenvalue weighted by Gasteiger charge is -2.03. The molecule has 2 aromatic rings. The number of aromatic carboxylic acids is 1. The molecule has 2 rings (SSSR count). The SMILES string of the molecule is O=C(O)c1ncccc1Oc1nccs1. The van der Waals surface area contributed by atoms with Crippen LogP contribution in [0.1, 0.15) is 10.5 Å². The van der Waals surface area contributed by atoms with Crippen molar-refractivity contribution in [1.82, 2.24) is 9.97 Å². The Morgan fingerprint density at radius 2 is 2.27 bits per heavy atom. The number of carbonyl (C=O) groups is 1. The second-order valence-corrected chi connectivity index (χ2v) is 3.41. The van der Waals surface area contributed by atoms with Gasteiger partial charge in [0.05, 0.1) is 0 Å². The highest BCUT2D eigenvalue weighted by Gasteiger charge is 2.13. The highest BCUT2D eigenvalue weighted by Crippen LogP contribution is 2.25. The molecule has 5 nitrogen and oxygen atoms in total. The Hall–Kier alpha value is -1.95. The molecule has 0 saturated heterocycles. The van der Waals surface area contributed by atoms with Gasteiger partial charge in [-0.2, -0.15) is 0 Å². The number of carboxylic acids is 1. The Balaban J connectivity index is 2.32. The van der Waals surface area contributed by atoms with Crippen LogP contribution in [0.15, 0.2) is 29.9 Å². The summed E-state index contributed by atoms with van der Waals surface area (Å²) in [6.07, 6.45) is 2.98. The van der Waals surface area contributed by atoms with E-state index >= 15 is 0 Å². The lowest BCUT2D eigenvalue weighted by Crippen LogP contribution is -2.02. The Morgan fingerprint density at radius 3 is 2.93 bits per heavy atom. The second kappa shape index (κ2) is 4.05. The van der Waals surface area contributed by atoms with E-state index in [1.807, 2.05) is 0 Å². The van der Waals surface area contributed by atoms with Crippen LogP contribution in [0.3, 0.4) is 0 Å². The van der Waals surface area contributed by atoms with Crippen molar-refractivity contribution in [3.63, 3.8) is 0 Å². The first-order chi connectivity index (χ1) is 7.27. The molecule has 0 saturated carbocycles. The van der Waals surface area contributed by atoms with E-state index in [1.54, 1.807) is 17.6 Å². The zero-order valence-corrected chi connectivity index (χ0v) is 8.27. The molecule has 15 heavy (non-hydrogen) atoms. The van der Waals surface area contributed by atoms with Gasteiger partial charge in [0.1, 0.15) is 0 Å². The topological polar surface area (TPSA) is 72.3 Å². The normalized spacial score (nSPS) is 9.87. The van der Waals surface area contributed by atoms with Crippen molar-refractivity contribution in [2.24, 2.45) is 0 Å². The Labute approximate surface area is 89.0 Å². The molecule has 0 aliphatic heterocycles. The predicted octanol–water partition coefficient (Wildman–Crippen LogP) is 2.03. The van der Waals surface area contributed by atoms with Crippen LogP contribution in [0.4, 0.5) is 0 Å². The third-order valence-corrected chi connectivity index (χ3v) is 2.23. The van der Waals surface area contributed by atoms with E-state index in [4.69, 9.17) is 9.84 Å². The molecule has 0 fully saturated rings. The molecule has 0 atom stereocenters. The lowest BCUT2D eigenvalue weighted by atomic mass is 10.3. The molecule has 0 radical (unpaired) electrons. The van der Waals surface area contributed by atoms with E-state index in [1.165, 1.54) is 23.6 Å². The van der Waals surface area contributed by atoms with Crippen molar-refractivity contribution in [1.29, 1.82) is 0 Å². The summed E-state index contributed by atoms with van der Waals surface area (Å²) in [5.41, 5.74) is -0.118. The molecule has 0 aliphatic rings. The number of ether oxygens (including phenoxy) is 1. The van der Waals surface area contributed by atoms with Gasteiger partial charge >= 0.3 is 5.97 Å². The van der Waals surface area contributed by atoms with Crippen LogP contribution in [0.2, 0.25) is 0 Å². The van der Waals surface area contributed by atoms with Crippen LogP contribution < -0.4 is 4.74 Å². The van der Waals surface area contributed by atoms with Crippen molar-refractivity contribution >= 4 is 17.3 Å². The van der Waals surface area contributed by atoms with Gasteiger partial charge in [0.2, 0.25) is 0 Å². The number of pyridine rings is 1. The van der Waals surface area contributed by atoms with Gasteiger partial charge in [0, 0.05) is 17.8 Å². The predicted molar refractivity (Wildman–Crippen MR) is 53.4 cm³/mol. The van der Waals surface area contributed by atoms with Crippen LogP contribution in [0, 0.1) is 0 Å². The second-order valence-electron chi connectivity index (χ2n) is 2.56. The van der Waals surface area contributed by atoms with Crippen LogP contribution in [0.5, 0.6) is 10.9 Å². The number of nitrogens with zero attached hydrogens (tertiary/aromatic N) is 2. The summed E-state index contributed by atoms with van der Waals surface area (Å²) in [7, 11) is 0.